The number of pyridine rings is 1. The fourth-order valence-electron chi connectivity index (χ4n) is 1.65. The van der Waals surface area contributed by atoms with Gasteiger partial charge in [-0.3, -0.25) is 4.98 Å². The van der Waals surface area contributed by atoms with Crippen LogP contribution in [0.2, 0.25) is 0 Å². The van der Waals surface area contributed by atoms with Crippen molar-refractivity contribution in [3.8, 4) is 0 Å². The van der Waals surface area contributed by atoms with E-state index in [1.54, 1.807) is 13.3 Å². The minimum Gasteiger partial charge on any atom is -0.377 e. The lowest BCUT2D eigenvalue weighted by Crippen LogP contribution is -2.05. The molecule has 0 spiro atoms. The summed E-state index contributed by atoms with van der Waals surface area (Å²) in [5, 5.41) is 3.02. The SMILES string of the molecule is CNc1cc(Cc2ccccn2)nc(COC)n1. The van der Waals surface area contributed by atoms with Gasteiger partial charge in [0.15, 0.2) is 5.82 Å². The number of anilines is 1. The average Bonchev–Trinajstić information content (AvgIpc) is 2.40. The van der Waals surface area contributed by atoms with Gasteiger partial charge >= 0.3 is 0 Å². The summed E-state index contributed by atoms with van der Waals surface area (Å²) < 4.78 is 5.06. The van der Waals surface area contributed by atoms with E-state index in [9.17, 15) is 0 Å². The van der Waals surface area contributed by atoms with Gasteiger partial charge in [0.25, 0.3) is 0 Å². The Bertz CT molecular complexity index is 502. The van der Waals surface area contributed by atoms with E-state index in [0.717, 1.165) is 17.2 Å². The van der Waals surface area contributed by atoms with Crippen molar-refractivity contribution in [2.45, 2.75) is 13.0 Å². The average molecular weight is 244 g/mol. The van der Waals surface area contributed by atoms with Crippen LogP contribution in [-0.2, 0) is 17.8 Å². The van der Waals surface area contributed by atoms with Gasteiger partial charge in [-0.05, 0) is 12.1 Å². The number of rotatable bonds is 5. The molecule has 1 N–H and O–H groups in total. The van der Waals surface area contributed by atoms with Crippen LogP contribution in [0, 0.1) is 0 Å². The summed E-state index contributed by atoms with van der Waals surface area (Å²) in [6.07, 6.45) is 2.47. The van der Waals surface area contributed by atoms with E-state index in [4.69, 9.17) is 4.74 Å². The lowest BCUT2D eigenvalue weighted by molar-refractivity contribution is 0.177. The Morgan fingerprint density at radius 3 is 2.78 bits per heavy atom. The number of ether oxygens (including phenoxy) is 1. The minimum atomic E-state index is 0.407. The predicted octanol–water partition coefficient (Wildman–Crippen LogP) is 1.65. The van der Waals surface area contributed by atoms with Crippen LogP contribution in [0.1, 0.15) is 17.2 Å². The van der Waals surface area contributed by atoms with Crippen LogP contribution >= 0.6 is 0 Å². The maximum Gasteiger partial charge on any atom is 0.156 e. The van der Waals surface area contributed by atoms with Gasteiger partial charge in [-0.1, -0.05) is 6.07 Å². The lowest BCUT2D eigenvalue weighted by atomic mass is 10.2. The number of hydrogen-bond acceptors (Lipinski definition) is 5. The third-order valence-electron chi connectivity index (χ3n) is 2.44. The van der Waals surface area contributed by atoms with E-state index in [1.165, 1.54) is 0 Å². The van der Waals surface area contributed by atoms with Crippen molar-refractivity contribution in [1.29, 1.82) is 0 Å². The number of aromatic nitrogens is 3. The predicted molar refractivity (Wildman–Crippen MR) is 69.3 cm³/mol. The van der Waals surface area contributed by atoms with Gasteiger partial charge in [-0.2, -0.15) is 0 Å². The summed E-state index contributed by atoms with van der Waals surface area (Å²) >= 11 is 0. The molecule has 94 valence electrons. The molecule has 2 rings (SSSR count). The van der Waals surface area contributed by atoms with Gasteiger partial charge in [0.1, 0.15) is 12.4 Å². The molecule has 2 heterocycles. The summed E-state index contributed by atoms with van der Waals surface area (Å²) in [6.45, 7) is 0.407. The van der Waals surface area contributed by atoms with Crippen LogP contribution in [0.3, 0.4) is 0 Å². The van der Waals surface area contributed by atoms with Crippen molar-refractivity contribution in [3.05, 3.63) is 47.7 Å². The number of nitrogens with zero attached hydrogens (tertiary/aromatic N) is 3. The first-order valence-corrected chi connectivity index (χ1v) is 5.75. The molecule has 0 unspecified atom stereocenters. The van der Waals surface area contributed by atoms with E-state index < -0.39 is 0 Å². The Morgan fingerprint density at radius 2 is 2.11 bits per heavy atom. The Kier molecular flexibility index (Phi) is 4.20. The molecule has 2 aromatic heterocycles. The molecule has 0 saturated carbocycles. The summed E-state index contributed by atoms with van der Waals surface area (Å²) in [4.78, 5) is 13.1. The van der Waals surface area contributed by atoms with Gasteiger partial charge in [-0.25, -0.2) is 9.97 Å². The van der Waals surface area contributed by atoms with Gasteiger partial charge in [-0.15, -0.1) is 0 Å². The molecule has 2 aromatic rings. The zero-order valence-corrected chi connectivity index (χ0v) is 10.6. The van der Waals surface area contributed by atoms with Crippen LogP contribution in [0.25, 0.3) is 0 Å². The zero-order chi connectivity index (χ0) is 12.8. The third-order valence-corrected chi connectivity index (χ3v) is 2.44. The summed E-state index contributed by atoms with van der Waals surface area (Å²) in [5.74, 6) is 1.47. The van der Waals surface area contributed by atoms with E-state index in [0.29, 0.717) is 18.9 Å². The van der Waals surface area contributed by atoms with Crippen LogP contribution < -0.4 is 5.32 Å². The third kappa shape index (κ3) is 3.24. The monoisotopic (exact) mass is 244 g/mol. The van der Waals surface area contributed by atoms with Crippen molar-refractivity contribution in [2.24, 2.45) is 0 Å². The Labute approximate surface area is 106 Å². The second-order valence-corrected chi connectivity index (χ2v) is 3.84. The molecule has 0 fully saturated rings. The summed E-state index contributed by atoms with van der Waals surface area (Å²) in [5.41, 5.74) is 1.92. The molecule has 0 aromatic carbocycles. The first kappa shape index (κ1) is 12.4. The van der Waals surface area contributed by atoms with Crippen molar-refractivity contribution in [3.63, 3.8) is 0 Å². The maximum absolute atomic E-state index is 5.06. The molecule has 0 bridgehead atoms. The number of nitrogens with one attached hydrogen (secondary N) is 1. The first-order valence-electron chi connectivity index (χ1n) is 5.75. The molecule has 0 amide bonds. The van der Waals surface area contributed by atoms with Gasteiger partial charge in [0.2, 0.25) is 0 Å². The quantitative estimate of drug-likeness (QED) is 0.866. The van der Waals surface area contributed by atoms with E-state index in [1.807, 2.05) is 31.3 Å². The highest BCUT2D eigenvalue weighted by atomic mass is 16.5. The minimum absolute atomic E-state index is 0.407. The van der Waals surface area contributed by atoms with Crippen molar-refractivity contribution < 1.29 is 4.74 Å². The Hall–Kier alpha value is -2.01. The lowest BCUT2D eigenvalue weighted by Gasteiger charge is -2.07. The van der Waals surface area contributed by atoms with E-state index >= 15 is 0 Å². The smallest absolute Gasteiger partial charge is 0.156 e. The standard InChI is InChI=1S/C13H16N4O/c1-14-12-8-11(16-13(17-12)9-18-2)7-10-5-3-4-6-15-10/h3-6,8H,7,9H2,1-2H3,(H,14,16,17). The molecule has 18 heavy (non-hydrogen) atoms. The van der Waals surface area contributed by atoms with Crippen LogP contribution in [-0.4, -0.2) is 29.1 Å². The number of methoxy groups -OCH3 is 1. The summed E-state index contributed by atoms with van der Waals surface area (Å²) in [6, 6.07) is 7.78. The fourth-order valence-corrected chi connectivity index (χ4v) is 1.65. The van der Waals surface area contributed by atoms with Gasteiger partial charge in [0.05, 0.1) is 5.69 Å². The fraction of sp³-hybridized carbons (Fsp3) is 0.308. The van der Waals surface area contributed by atoms with Crippen molar-refractivity contribution in [2.75, 3.05) is 19.5 Å². The van der Waals surface area contributed by atoms with Crippen molar-refractivity contribution >= 4 is 5.82 Å². The molecular weight excluding hydrogens is 228 g/mol. The molecule has 0 aliphatic carbocycles. The molecule has 0 radical (unpaired) electrons. The number of hydrogen-bond donors (Lipinski definition) is 1. The highest BCUT2D eigenvalue weighted by Gasteiger charge is 2.05. The highest BCUT2D eigenvalue weighted by Crippen LogP contribution is 2.10. The van der Waals surface area contributed by atoms with Crippen LogP contribution in [0.5, 0.6) is 0 Å². The normalized spacial score (nSPS) is 10.3. The van der Waals surface area contributed by atoms with E-state index in [2.05, 4.69) is 20.3 Å². The first-order chi connectivity index (χ1) is 8.81. The van der Waals surface area contributed by atoms with E-state index in [-0.39, 0.29) is 0 Å². The molecular formula is C13H16N4O. The maximum atomic E-state index is 5.06. The highest BCUT2D eigenvalue weighted by molar-refractivity contribution is 5.36. The molecule has 5 heteroatoms. The van der Waals surface area contributed by atoms with Crippen LogP contribution in [0.15, 0.2) is 30.5 Å². The molecule has 0 aliphatic rings. The molecule has 0 aliphatic heterocycles. The molecule has 5 nitrogen and oxygen atoms in total. The second-order valence-electron chi connectivity index (χ2n) is 3.84. The van der Waals surface area contributed by atoms with Crippen molar-refractivity contribution in [1.82, 2.24) is 15.0 Å². The Morgan fingerprint density at radius 1 is 1.22 bits per heavy atom. The largest absolute Gasteiger partial charge is 0.377 e. The molecule has 0 atom stereocenters. The Balaban J connectivity index is 2.24. The van der Waals surface area contributed by atoms with Gasteiger partial charge < -0.3 is 10.1 Å². The topological polar surface area (TPSA) is 59.9 Å². The molecule has 0 saturated heterocycles. The van der Waals surface area contributed by atoms with Crippen LogP contribution in [0.4, 0.5) is 5.82 Å². The van der Waals surface area contributed by atoms with Gasteiger partial charge in [0, 0.05) is 38.5 Å². The second kappa shape index (κ2) is 6.07. The zero-order valence-electron chi connectivity index (χ0n) is 10.6. The summed E-state index contributed by atoms with van der Waals surface area (Å²) in [7, 11) is 3.47.